The van der Waals surface area contributed by atoms with Gasteiger partial charge in [0.15, 0.2) is 0 Å². The van der Waals surface area contributed by atoms with Gasteiger partial charge in [0, 0.05) is 17.3 Å². The van der Waals surface area contributed by atoms with Crippen molar-refractivity contribution in [1.82, 2.24) is 0 Å². The van der Waals surface area contributed by atoms with Crippen molar-refractivity contribution in [2.75, 3.05) is 0 Å². The summed E-state index contributed by atoms with van der Waals surface area (Å²) < 4.78 is 0. The van der Waals surface area contributed by atoms with Crippen LogP contribution in [0.5, 0.6) is 5.75 Å². The van der Waals surface area contributed by atoms with Crippen LogP contribution in [-0.2, 0) is 0 Å². The molecule has 0 saturated heterocycles. The Balaban J connectivity index is 2.27. The first kappa shape index (κ1) is 11.9. The minimum absolute atomic E-state index is 0.160. The zero-order valence-electron chi connectivity index (χ0n) is 9.58. The van der Waals surface area contributed by atoms with Gasteiger partial charge in [0.2, 0.25) is 5.91 Å². The first-order chi connectivity index (χ1) is 8.66. The lowest BCUT2D eigenvalue weighted by Crippen LogP contribution is -2.10. The number of rotatable bonds is 3. The van der Waals surface area contributed by atoms with E-state index in [1.54, 1.807) is 48.5 Å². The summed E-state index contributed by atoms with van der Waals surface area (Å²) in [6.45, 7) is 0. The Morgan fingerprint density at radius 3 is 2.67 bits per heavy atom. The molecular formula is C14H12N2O2. The molecule has 3 N–H and O–H groups in total. The summed E-state index contributed by atoms with van der Waals surface area (Å²) in [4.78, 5) is 15.2. The van der Waals surface area contributed by atoms with Gasteiger partial charge in [-0.2, -0.15) is 0 Å². The van der Waals surface area contributed by atoms with Crippen LogP contribution in [0.3, 0.4) is 0 Å². The van der Waals surface area contributed by atoms with Gasteiger partial charge in [-0.1, -0.05) is 18.2 Å². The molecule has 2 aromatic carbocycles. The maximum atomic E-state index is 11.0. The Hall–Kier alpha value is -2.62. The lowest BCUT2D eigenvalue weighted by molar-refractivity contribution is 0.100. The van der Waals surface area contributed by atoms with Gasteiger partial charge in [-0.25, -0.2) is 0 Å². The molecule has 0 unspecified atom stereocenters. The van der Waals surface area contributed by atoms with Gasteiger partial charge in [-0.3, -0.25) is 9.79 Å². The topological polar surface area (TPSA) is 75.7 Å². The highest BCUT2D eigenvalue weighted by Crippen LogP contribution is 2.17. The summed E-state index contributed by atoms with van der Waals surface area (Å²) in [6, 6.07) is 13.6. The van der Waals surface area contributed by atoms with Crippen LogP contribution in [-0.4, -0.2) is 17.2 Å². The van der Waals surface area contributed by atoms with Crippen LogP contribution in [0.2, 0.25) is 0 Å². The molecule has 0 radical (unpaired) electrons. The normalized spacial score (nSPS) is 10.7. The quantitative estimate of drug-likeness (QED) is 0.807. The van der Waals surface area contributed by atoms with Crippen LogP contribution in [0.1, 0.15) is 15.9 Å². The molecule has 2 rings (SSSR count). The molecule has 0 aliphatic rings. The molecule has 0 aromatic heterocycles. The van der Waals surface area contributed by atoms with Crippen molar-refractivity contribution in [2.45, 2.75) is 0 Å². The number of aliphatic imine (C=N–C) groups is 1. The Bertz CT molecular complexity index is 606. The van der Waals surface area contributed by atoms with Crippen molar-refractivity contribution >= 4 is 17.8 Å². The number of nitrogens with two attached hydrogens (primary N) is 1. The molecule has 4 nitrogen and oxygen atoms in total. The summed E-state index contributed by atoms with van der Waals surface area (Å²) in [7, 11) is 0. The third-order valence-corrected chi connectivity index (χ3v) is 2.42. The number of carbonyl (C=O) groups excluding carboxylic acids is 1. The minimum atomic E-state index is -0.491. The minimum Gasteiger partial charge on any atom is -0.507 e. The highest BCUT2D eigenvalue weighted by Gasteiger charge is 2.00. The van der Waals surface area contributed by atoms with Crippen molar-refractivity contribution in [3.63, 3.8) is 0 Å². The van der Waals surface area contributed by atoms with Gasteiger partial charge in [-0.05, 0) is 30.3 Å². The number of amides is 1. The predicted molar refractivity (Wildman–Crippen MR) is 70.3 cm³/mol. The zero-order chi connectivity index (χ0) is 13.0. The number of aromatic hydroxyl groups is 1. The number of hydrogen-bond donors (Lipinski definition) is 2. The van der Waals surface area contributed by atoms with E-state index in [0.29, 0.717) is 16.8 Å². The summed E-state index contributed by atoms with van der Waals surface area (Å²) in [5.41, 5.74) is 6.81. The molecule has 0 spiro atoms. The van der Waals surface area contributed by atoms with Crippen molar-refractivity contribution in [1.29, 1.82) is 0 Å². The molecule has 2 aromatic rings. The number of phenols is 1. The number of primary amides is 1. The summed E-state index contributed by atoms with van der Waals surface area (Å²) in [5, 5.41) is 9.57. The third kappa shape index (κ3) is 2.74. The molecule has 1 amide bonds. The van der Waals surface area contributed by atoms with Crippen molar-refractivity contribution in [3.8, 4) is 5.75 Å². The van der Waals surface area contributed by atoms with Gasteiger partial charge in [0.25, 0.3) is 0 Å². The number of phenolic OH excluding ortho intramolecular Hbond substituents is 1. The number of benzene rings is 2. The molecule has 0 atom stereocenters. The van der Waals surface area contributed by atoms with Crippen LogP contribution in [0, 0.1) is 0 Å². The highest BCUT2D eigenvalue weighted by molar-refractivity contribution is 5.94. The Morgan fingerprint density at radius 2 is 1.94 bits per heavy atom. The van der Waals surface area contributed by atoms with Crippen LogP contribution in [0.15, 0.2) is 53.5 Å². The van der Waals surface area contributed by atoms with Crippen molar-refractivity contribution in [2.24, 2.45) is 10.7 Å². The third-order valence-electron chi connectivity index (χ3n) is 2.42. The Kier molecular flexibility index (Phi) is 3.38. The van der Waals surface area contributed by atoms with E-state index in [4.69, 9.17) is 5.73 Å². The van der Waals surface area contributed by atoms with Gasteiger partial charge < -0.3 is 10.8 Å². The smallest absolute Gasteiger partial charge is 0.248 e. The van der Waals surface area contributed by atoms with E-state index in [-0.39, 0.29) is 5.75 Å². The largest absolute Gasteiger partial charge is 0.507 e. The van der Waals surface area contributed by atoms with E-state index in [9.17, 15) is 9.90 Å². The average molecular weight is 240 g/mol. The fourth-order valence-corrected chi connectivity index (χ4v) is 1.48. The van der Waals surface area contributed by atoms with Crippen LogP contribution in [0.25, 0.3) is 0 Å². The molecule has 4 heteroatoms. The first-order valence-corrected chi connectivity index (χ1v) is 5.39. The van der Waals surface area contributed by atoms with Gasteiger partial charge in [0.1, 0.15) is 5.75 Å². The highest BCUT2D eigenvalue weighted by atomic mass is 16.3. The molecule has 0 fully saturated rings. The molecule has 0 saturated carbocycles. The van der Waals surface area contributed by atoms with Crippen molar-refractivity contribution < 1.29 is 9.90 Å². The van der Waals surface area contributed by atoms with Gasteiger partial charge >= 0.3 is 0 Å². The van der Waals surface area contributed by atoms with E-state index in [0.717, 1.165) is 0 Å². The first-order valence-electron chi connectivity index (χ1n) is 5.39. The molecule has 0 bridgehead atoms. The van der Waals surface area contributed by atoms with E-state index >= 15 is 0 Å². The molecule has 90 valence electrons. The SMILES string of the molecule is NC(=O)c1cccc(N=Cc2ccccc2O)c1. The lowest BCUT2D eigenvalue weighted by Gasteiger charge is -1.99. The molecule has 0 heterocycles. The van der Waals surface area contributed by atoms with Crippen LogP contribution < -0.4 is 5.73 Å². The fourth-order valence-electron chi connectivity index (χ4n) is 1.48. The van der Waals surface area contributed by atoms with E-state index in [1.807, 2.05) is 0 Å². The van der Waals surface area contributed by atoms with E-state index < -0.39 is 5.91 Å². The number of hydrogen-bond acceptors (Lipinski definition) is 3. The van der Waals surface area contributed by atoms with Crippen molar-refractivity contribution in [3.05, 3.63) is 59.7 Å². The number of para-hydroxylation sites is 1. The van der Waals surface area contributed by atoms with Gasteiger partial charge in [0.05, 0.1) is 5.69 Å². The second kappa shape index (κ2) is 5.14. The summed E-state index contributed by atoms with van der Waals surface area (Å²) >= 11 is 0. The fraction of sp³-hybridized carbons (Fsp3) is 0. The zero-order valence-corrected chi connectivity index (χ0v) is 9.58. The number of nitrogens with zero attached hydrogens (tertiary/aromatic N) is 1. The summed E-state index contributed by atoms with van der Waals surface area (Å²) in [5.74, 6) is -0.332. The number of carbonyl (C=O) groups is 1. The van der Waals surface area contributed by atoms with Crippen LogP contribution in [0.4, 0.5) is 5.69 Å². The monoisotopic (exact) mass is 240 g/mol. The Morgan fingerprint density at radius 1 is 1.17 bits per heavy atom. The lowest BCUT2D eigenvalue weighted by atomic mass is 10.2. The molecule has 0 aliphatic carbocycles. The van der Waals surface area contributed by atoms with E-state index in [1.165, 1.54) is 6.21 Å². The maximum absolute atomic E-state index is 11.0. The molecule has 18 heavy (non-hydrogen) atoms. The van der Waals surface area contributed by atoms with E-state index in [2.05, 4.69) is 4.99 Å². The predicted octanol–water partition coefficient (Wildman–Crippen LogP) is 2.24. The second-order valence-electron chi connectivity index (χ2n) is 3.73. The molecular weight excluding hydrogens is 228 g/mol. The summed E-state index contributed by atoms with van der Waals surface area (Å²) in [6.07, 6.45) is 1.54. The molecule has 0 aliphatic heterocycles. The second-order valence-corrected chi connectivity index (χ2v) is 3.73. The maximum Gasteiger partial charge on any atom is 0.248 e. The standard InChI is InChI=1S/C14H12N2O2/c15-14(18)10-5-3-6-12(8-10)16-9-11-4-1-2-7-13(11)17/h1-9,17H,(H2,15,18). The van der Waals surface area contributed by atoms with Crippen LogP contribution >= 0.6 is 0 Å². The van der Waals surface area contributed by atoms with Gasteiger partial charge in [-0.15, -0.1) is 0 Å². The average Bonchev–Trinajstić information content (AvgIpc) is 2.38. The Labute approximate surface area is 104 Å².